The Hall–Kier alpha value is -2.42. The molecule has 2 aromatic carbocycles. The van der Waals surface area contributed by atoms with Crippen molar-refractivity contribution in [2.24, 2.45) is 0 Å². The lowest BCUT2D eigenvalue weighted by Crippen LogP contribution is -2.11. The summed E-state index contributed by atoms with van der Waals surface area (Å²) in [5.74, 6) is 0.119. The van der Waals surface area contributed by atoms with Crippen molar-refractivity contribution >= 4 is 16.6 Å². The second-order valence-electron chi connectivity index (χ2n) is 5.22. The topological polar surface area (TPSA) is 34.9 Å². The summed E-state index contributed by atoms with van der Waals surface area (Å²) in [6.45, 7) is 4.63. The van der Waals surface area contributed by atoms with Crippen molar-refractivity contribution in [2.45, 2.75) is 26.8 Å². The highest BCUT2D eigenvalue weighted by atomic mass is 16.1. The van der Waals surface area contributed by atoms with E-state index in [9.17, 15) is 4.79 Å². The van der Waals surface area contributed by atoms with Gasteiger partial charge in [0.05, 0.1) is 5.69 Å². The van der Waals surface area contributed by atoms with Crippen LogP contribution in [0.5, 0.6) is 0 Å². The number of Topliss-reactive ketones (excluding diaryl/α,β-unsaturated/α-hetero) is 1. The van der Waals surface area contributed by atoms with Gasteiger partial charge in [0.2, 0.25) is 0 Å². The van der Waals surface area contributed by atoms with Crippen molar-refractivity contribution in [3.8, 4) is 0 Å². The fourth-order valence-electron chi connectivity index (χ4n) is 2.72. The van der Waals surface area contributed by atoms with E-state index in [2.05, 4.69) is 23.3 Å². The Morgan fingerprint density at radius 3 is 2.71 bits per heavy atom. The van der Waals surface area contributed by atoms with Gasteiger partial charge in [-0.1, -0.05) is 42.5 Å². The predicted molar refractivity (Wildman–Crippen MR) is 84.6 cm³/mol. The first kappa shape index (κ1) is 13.6. The highest BCUT2D eigenvalue weighted by Gasteiger charge is 2.14. The zero-order chi connectivity index (χ0) is 14.8. The van der Waals surface area contributed by atoms with Crippen LogP contribution in [0.2, 0.25) is 0 Å². The smallest absolute Gasteiger partial charge is 0.185 e. The molecule has 0 aliphatic heterocycles. The molecule has 0 N–H and O–H groups in total. The first-order valence-corrected chi connectivity index (χ1v) is 7.23. The van der Waals surface area contributed by atoms with Crippen LogP contribution in [0.1, 0.15) is 28.7 Å². The van der Waals surface area contributed by atoms with Gasteiger partial charge in [-0.25, -0.2) is 0 Å². The summed E-state index contributed by atoms with van der Waals surface area (Å²) in [6.07, 6.45) is 0.409. The predicted octanol–water partition coefficient (Wildman–Crippen LogP) is 3.79. The normalized spacial score (nSPS) is 11.0. The van der Waals surface area contributed by atoms with Crippen molar-refractivity contribution in [1.29, 1.82) is 0 Å². The van der Waals surface area contributed by atoms with Gasteiger partial charge in [0.15, 0.2) is 5.78 Å². The summed E-state index contributed by atoms with van der Waals surface area (Å²) < 4.78 is 1.78. The Morgan fingerprint density at radius 1 is 1.14 bits per heavy atom. The first-order valence-electron chi connectivity index (χ1n) is 7.23. The van der Waals surface area contributed by atoms with Crippen LogP contribution in [0.25, 0.3) is 10.8 Å². The molecule has 106 valence electrons. The minimum absolute atomic E-state index is 0.119. The molecule has 3 nitrogen and oxygen atoms in total. The van der Waals surface area contributed by atoms with Crippen LogP contribution in [0.4, 0.5) is 0 Å². The van der Waals surface area contributed by atoms with Crippen molar-refractivity contribution in [3.05, 3.63) is 65.5 Å². The highest BCUT2D eigenvalue weighted by molar-refractivity contribution is 5.99. The Morgan fingerprint density at radius 2 is 1.90 bits per heavy atom. The quantitative estimate of drug-likeness (QED) is 0.680. The van der Waals surface area contributed by atoms with Gasteiger partial charge in [-0.05, 0) is 36.2 Å². The van der Waals surface area contributed by atoms with E-state index in [0.29, 0.717) is 18.7 Å². The van der Waals surface area contributed by atoms with Gasteiger partial charge in [0.25, 0.3) is 0 Å². The maximum Gasteiger partial charge on any atom is 0.185 e. The van der Waals surface area contributed by atoms with Crippen molar-refractivity contribution in [1.82, 2.24) is 9.78 Å². The van der Waals surface area contributed by atoms with E-state index < -0.39 is 0 Å². The molecule has 0 amide bonds. The van der Waals surface area contributed by atoms with Gasteiger partial charge >= 0.3 is 0 Å². The van der Waals surface area contributed by atoms with E-state index in [4.69, 9.17) is 0 Å². The molecule has 21 heavy (non-hydrogen) atoms. The summed E-state index contributed by atoms with van der Waals surface area (Å²) in [5, 5.41) is 6.67. The molecule has 0 aliphatic rings. The van der Waals surface area contributed by atoms with Gasteiger partial charge in [-0.3, -0.25) is 9.48 Å². The van der Waals surface area contributed by atoms with E-state index in [1.165, 1.54) is 5.39 Å². The van der Waals surface area contributed by atoms with Crippen LogP contribution < -0.4 is 0 Å². The van der Waals surface area contributed by atoms with E-state index in [1.54, 1.807) is 4.68 Å². The van der Waals surface area contributed by atoms with E-state index in [-0.39, 0.29) is 5.78 Å². The molecular formula is C18H18N2O. The van der Waals surface area contributed by atoms with Crippen molar-refractivity contribution in [3.63, 3.8) is 0 Å². The van der Waals surface area contributed by atoms with Gasteiger partial charge in [0, 0.05) is 13.0 Å². The molecule has 0 aliphatic carbocycles. The largest absolute Gasteiger partial charge is 0.292 e. The molecule has 0 bridgehead atoms. The molecule has 1 heterocycles. The number of rotatable bonds is 4. The lowest BCUT2D eigenvalue weighted by Gasteiger charge is -2.07. The number of aromatic nitrogens is 2. The SMILES string of the molecule is CCn1nc(C)cc1C(=O)Cc1cccc2ccccc12. The number of hydrogen-bond acceptors (Lipinski definition) is 2. The monoisotopic (exact) mass is 278 g/mol. The fourth-order valence-corrected chi connectivity index (χ4v) is 2.72. The standard InChI is InChI=1S/C18H18N2O/c1-3-20-17(11-13(2)19-20)18(21)12-15-9-6-8-14-7-4-5-10-16(14)15/h4-11H,3,12H2,1-2H3. The third-order valence-corrected chi connectivity index (χ3v) is 3.72. The second kappa shape index (κ2) is 5.52. The summed E-state index contributed by atoms with van der Waals surface area (Å²) in [6, 6.07) is 16.2. The first-order chi connectivity index (χ1) is 10.2. The molecule has 0 radical (unpaired) electrons. The Labute approximate surface area is 124 Å². The Bertz CT molecular complexity index is 797. The molecule has 3 heteroatoms. The van der Waals surface area contributed by atoms with Crippen molar-refractivity contribution in [2.75, 3.05) is 0 Å². The number of ketones is 1. The highest BCUT2D eigenvalue weighted by Crippen LogP contribution is 2.20. The van der Waals surface area contributed by atoms with Gasteiger partial charge in [-0.2, -0.15) is 5.10 Å². The Balaban J connectivity index is 1.96. The number of carbonyl (C=O) groups excluding carboxylic acids is 1. The summed E-state index contributed by atoms with van der Waals surface area (Å²) in [7, 11) is 0. The number of hydrogen-bond donors (Lipinski definition) is 0. The van der Waals surface area contributed by atoms with Crippen LogP contribution in [-0.4, -0.2) is 15.6 Å². The molecular weight excluding hydrogens is 260 g/mol. The molecule has 0 fully saturated rings. The molecule has 1 aromatic heterocycles. The van der Waals surface area contributed by atoms with Crippen LogP contribution in [0.15, 0.2) is 48.5 Å². The lowest BCUT2D eigenvalue weighted by atomic mass is 9.99. The average Bonchev–Trinajstić information content (AvgIpc) is 2.89. The molecule has 0 atom stereocenters. The Kier molecular flexibility index (Phi) is 3.57. The molecule has 0 saturated carbocycles. The van der Waals surface area contributed by atoms with Gasteiger partial charge < -0.3 is 0 Å². The summed E-state index contributed by atoms with van der Waals surface area (Å²) in [5.41, 5.74) is 2.65. The van der Waals surface area contributed by atoms with E-state index >= 15 is 0 Å². The minimum Gasteiger partial charge on any atom is -0.292 e. The maximum atomic E-state index is 12.6. The molecule has 0 unspecified atom stereocenters. The fraction of sp³-hybridized carbons (Fsp3) is 0.222. The molecule has 0 spiro atoms. The zero-order valence-corrected chi connectivity index (χ0v) is 12.3. The third-order valence-electron chi connectivity index (χ3n) is 3.72. The number of carbonyl (C=O) groups is 1. The van der Waals surface area contributed by atoms with Crippen LogP contribution in [0.3, 0.4) is 0 Å². The van der Waals surface area contributed by atoms with Crippen molar-refractivity contribution < 1.29 is 4.79 Å². The van der Waals surface area contributed by atoms with E-state index in [1.807, 2.05) is 44.2 Å². The molecule has 3 rings (SSSR count). The van der Waals surface area contributed by atoms with Crippen LogP contribution in [0, 0.1) is 6.92 Å². The van der Waals surface area contributed by atoms with Crippen LogP contribution in [-0.2, 0) is 13.0 Å². The molecule has 0 saturated heterocycles. The number of fused-ring (bicyclic) bond motifs is 1. The third kappa shape index (κ3) is 2.59. The van der Waals surface area contributed by atoms with Gasteiger partial charge in [-0.15, -0.1) is 0 Å². The molecule has 3 aromatic rings. The average molecular weight is 278 g/mol. The number of aryl methyl sites for hydroxylation is 2. The lowest BCUT2D eigenvalue weighted by molar-refractivity contribution is 0.0983. The second-order valence-corrected chi connectivity index (χ2v) is 5.22. The summed E-state index contributed by atoms with van der Waals surface area (Å²) >= 11 is 0. The number of nitrogens with zero attached hydrogens (tertiary/aromatic N) is 2. The van der Waals surface area contributed by atoms with Crippen LogP contribution >= 0.6 is 0 Å². The maximum absolute atomic E-state index is 12.6. The van der Waals surface area contributed by atoms with Gasteiger partial charge in [0.1, 0.15) is 5.69 Å². The number of benzene rings is 2. The van der Waals surface area contributed by atoms with E-state index in [0.717, 1.165) is 16.6 Å². The zero-order valence-electron chi connectivity index (χ0n) is 12.3. The minimum atomic E-state index is 0.119. The summed E-state index contributed by atoms with van der Waals surface area (Å²) in [4.78, 5) is 12.6.